The van der Waals surface area contributed by atoms with Crippen LogP contribution < -0.4 is 15.0 Å². The van der Waals surface area contributed by atoms with Crippen LogP contribution in [-0.4, -0.2) is 25.2 Å². The molecule has 0 saturated carbocycles. The van der Waals surface area contributed by atoms with E-state index < -0.39 is 0 Å². The van der Waals surface area contributed by atoms with Crippen molar-refractivity contribution in [3.63, 3.8) is 0 Å². The lowest BCUT2D eigenvalue weighted by Crippen LogP contribution is -2.22. The third-order valence-electron chi connectivity index (χ3n) is 8.10. The van der Waals surface area contributed by atoms with Gasteiger partial charge in [0.2, 0.25) is 0 Å². The smallest absolute Gasteiger partial charge is 0.338 e. The summed E-state index contributed by atoms with van der Waals surface area (Å²) < 4.78 is 12.3. The van der Waals surface area contributed by atoms with E-state index in [-0.39, 0.29) is 18.0 Å². The predicted molar refractivity (Wildman–Crippen MR) is 173 cm³/mol. The van der Waals surface area contributed by atoms with Crippen molar-refractivity contribution in [1.82, 2.24) is 0 Å². The summed E-state index contributed by atoms with van der Waals surface area (Å²) >= 11 is 0. The van der Waals surface area contributed by atoms with Gasteiger partial charge in [-0.1, -0.05) is 42.0 Å². The first-order valence-corrected chi connectivity index (χ1v) is 15.0. The molecule has 1 heterocycles. The lowest BCUT2D eigenvalue weighted by atomic mass is 9.80. The van der Waals surface area contributed by atoms with Crippen LogP contribution in [0.3, 0.4) is 0 Å². The van der Waals surface area contributed by atoms with Gasteiger partial charge in [-0.3, -0.25) is 0 Å². The second-order valence-corrected chi connectivity index (χ2v) is 11.6. The lowest BCUT2D eigenvalue weighted by Gasteiger charge is -2.32. The molecular formula is C37H42N2O3. The highest BCUT2D eigenvalue weighted by atomic mass is 16.5. The van der Waals surface area contributed by atoms with E-state index in [9.17, 15) is 4.79 Å². The van der Waals surface area contributed by atoms with Crippen molar-refractivity contribution in [2.24, 2.45) is 0 Å². The van der Waals surface area contributed by atoms with Gasteiger partial charge < -0.3 is 19.7 Å². The largest absolute Gasteiger partial charge is 0.459 e. The van der Waals surface area contributed by atoms with Crippen LogP contribution in [0.4, 0.5) is 17.1 Å². The topological polar surface area (TPSA) is 50.8 Å². The van der Waals surface area contributed by atoms with E-state index in [1.54, 1.807) is 0 Å². The Balaban J connectivity index is 1.70. The molecular weight excluding hydrogens is 520 g/mol. The Kier molecular flexibility index (Phi) is 8.31. The maximum atomic E-state index is 13.4. The summed E-state index contributed by atoms with van der Waals surface area (Å²) in [6.45, 7) is 18.4. The molecule has 0 aliphatic carbocycles. The molecule has 0 amide bonds. The van der Waals surface area contributed by atoms with Gasteiger partial charge in [-0.05, 0) is 102 Å². The summed E-state index contributed by atoms with van der Waals surface area (Å²) in [4.78, 5) is 15.7. The normalized spacial score (nSPS) is 13.7. The number of benzene rings is 4. The summed E-state index contributed by atoms with van der Waals surface area (Å²) in [5.74, 6) is 1.09. The average Bonchev–Trinajstić information content (AvgIpc) is 2.94. The number of rotatable bonds is 8. The fraction of sp³-hybridized carbons (Fsp3) is 0.324. The van der Waals surface area contributed by atoms with E-state index in [1.807, 2.05) is 38.1 Å². The van der Waals surface area contributed by atoms with Crippen LogP contribution in [-0.2, 0) is 4.74 Å². The van der Waals surface area contributed by atoms with E-state index in [2.05, 4.69) is 94.2 Å². The summed E-state index contributed by atoms with van der Waals surface area (Å²) in [6, 6.07) is 23.0. The van der Waals surface area contributed by atoms with Gasteiger partial charge in [0, 0.05) is 53.3 Å². The molecule has 4 aromatic carbocycles. The molecule has 0 aromatic heterocycles. The molecule has 0 saturated heterocycles. The van der Waals surface area contributed by atoms with Crippen LogP contribution in [0.1, 0.15) is 82.9 Å². The molecule has 0 spiro atoms. The number of nitrogens with zero attached hydrogens (tertiary/aromatic N) is 1. The molecule has 42 heavy (non-hydrogen) atoms. The number of aryl methyl sites for hydroxylation is 4. The quantitative estimate of drug-likeness (QED) is 0.191. The molecule has 1 unspecified atom stereocenters. The number of nitrogens with one attached hydrogen (secondary N) is 1. The highest BCUT2D eigenvalue weighted by molar-refractivity contribution is 5.92. The highest BCUT2D eigenvalue weighted by Crippen LogP contribution is 2.50. The summed E-state index contributed by atoms with van der Waals surface area (Å²) in [6.07, 6.45) is -0.212. The molecule has 1 N–H and O–H groups in total. The van der Waals surface area contributed by atoms with Crippen LogP contribution in [0.25, 0.3) is 0 Å². The molecule has 218 valence electrons. The molecule has 0 fully saturated rings. The van der Waals surface area contributed by atoms with E-state index in [4.69, 9.17) is 9.47 Å². The number of ether oxygens (including phenoxy) is 2. The Morgan fingerprint density at radius 3 is 2.17 bits per heavy atom. The van der Waals surface area contributed by atoms with Crippen molar-refractivity contribution in [2.75, 3.05) is 23.3 Å². The van der Waals surface area contributed by atoms with Gasteiger partial charge in [0.15, 0.2) is 0 Å². The summed E-state index contributed by atoms with van der Waals surface area (Å²) in [5.41, 5.74) is 11.5. The van der Waals surface area contributed by atoms with E-state index in [0.717, 1.165) is 63.9 Å². The minimum atomic E-state index is -0.314. The summed E-state index contributed by atoms with van der Waals surface area (Å²) in [7, 11) is 0. The highest BCUT2D eigenvalue weighted by Gasteiger charge is 2.33. The van der Waals surface area contributed by atoms with Gasteiger partial charge in [0.25, 0.3) is 0 Å². The van der Waals surface area contributed by atoms with Crippen LogP contribution >= 0.6 is 0 Å². The number of hydrogen-bond donors (Lipinski definition) is 1. The van der Waals surface area contributed by atoms with E-state index in [0.29, 0.717) is 5.56 Å². The van der Waals surface area contributed by atoms with Crippen molar-refractivity contribution in [3.05, 3.63) is 111 Å². The third kappa shape index (κ3) is 5.61. The monoisotopic (exact) mass is 562 g/mol. The van der Waals surface area contributed by atoms with E-state index in [1.165, 1.54) is 16.7 Å². The standard InChI is InChI=1S/C37H42N2O3/c1-9-39(10-2)27-15-16-30-34(20-27)42-33-19-24(6)32(38-36-25(7)17-23(5)18-26(36)8)21-31(33)35(30)28-13-11-12-14-29(28)37(40)41-22(3)4/h11-22,35,38H,9-10H2,1-8H3. The van der Waals surface area contributed by atoms with Crippen molar-refractivity contribution in [2.45, 2.75) is 67.4 Å². The zero-order valence-corrected chi connectivity index (χ0v) is 26.1. The van der Waals surface area contributed by atoms with Crippen LogP contribution in [0.2, 0.25) is 0 Å². The number of fused-ring (bicyclic) bond motifs is 2. The first kappa shape index (κ1) is 29.2. The second-order valence-electron chi connectivity index (χ2n) is 11.6. The van der Waals surface area contributed by atoms with Gasteiger partial charge in [-0.15, -0.1) is 0 Å². The summed E-state index contributed by atoms with van der Waals surface area (Å²) in [5, 5.41) is 3.73. The molecule has 1 aliphatic heterocycles. The zero-order valence-electron chi connectivity index (χ0n) is 26.1. The Hall–Kier alpha value is -4.25. The molecule has 4 aromatic rings. The Bertz CT molecular complexity index is 1610. The average molecular weight is 563 g/mol. The van der Waals surface area contributed by atoms with Gasteiger partial charge in [0.1, 0.15) is 11.5 Å². The number of esters is 1. The zero-order chi connectivity index (χ0) is 30.1. The fourth-order valence-electron chi connectivity index (χ4n) is 6.13. The van der Waals surface area contributed by atoms with Gasteiger partial charge in [-0.25, -0.2) is 4.79 Å². The van der Waals surface area contributed by atoms with Crippen molar-refractivity contribution >= 4 is 23.0 Å². The van der Waals surface area contributed by atoms with E-state index >= 15 is 0 Å². The number of hydrogen-bond acceptors (Lipinski definition) is 5. The van der Waals surface area contributed by atoms with Gasteiger partial charge >= 0.3 is 5.97 Å². The Morgan fingerprint density at radius 2 is 1.50 bits per heavy atom. The first-order chi connectivity index (χ1) is 20.1. The maximum absolute atomic E-state index is 13.4. The van der Waals surface area contributed by atoms with Gasteiger partial charge in [-0.2, -0.15) is 0 Å². The predicted octanol–water partition coefficient (Wildman–Crippen LogP) is 9.36. The lowest BCUT2D eigenvalue weighted by molar-refractivity contribution is 0.0376. The first-order valence-electron chi connectivity index (χ1n) is 15.0. The Labute approximate surface area is 250 Å². The minimum Gasteiger partial charge on any atom is -0.459 e. The molecule has 1 atom stereocenters. The second kappa shape index (κ2) is 11.9. The van der Waals surface area contributed by atoms with Crippen LogP contribution in [0.5, 0.6) is 11.5 Å². The Morgan fingerprint density at radius 1 is 0.833 bits per heavy atom. The SMILES string of the molecule is CCN(CC)c1ccc2c(c1)Oc1cc(C)c(Nc3c(C)cc(C)cc3C)cc1C2c1ccccc1C(=O)OC(C)C. The molecule has 5 heteroatoms. The molecule has 0 bridgehead atoms. The minimum absolute atomic E-state index is 0.212. The van der Waals surface area contributed by atoms with Crippen molar-refractivity contribution in [1.29, 1.82) is 0 Å². The number of anilines is 3. The fourth-order valence-corrected chi connectivity index (χ4v) is 6.13. The maximum Gasteiger partial charge on any atom is 0.338 e. The third-order valence-corrected chi connectivity index (χ3v) is 8.10. The molecule has 1 aliphatic rings. The van der Waals surface area contributed by atoms with Crippen LogP contribution in [0.15, 0.2) is 66.7 Å². The molecule has 0 radical (unpaired) electrons. The van der Waals surface area contributed by atoms with Gasteiger partial charge in [0.05, 0.1) is 11.7 Å². The number of carbonyl (C=O) groups is 1. The molecule has 5 nitrogen and oxygen atoms in total. The van der Waals surface area contributed by atoms with Crippen molar-refractivity contribution in [3.8, 4) is 11.5 Å². The number of carbonyl (C=O) groups excluding carboxylic acids is 1. The van der Waals surface area contributed by atoms with Crippen LogP contribution in [0, 0.1) is 27.7 Å². The molecule has 5 rings (SSSR count). The van der Waals surface area contributed by atoms with Crippen molar-refractivity contribution < 1.29 is 14.3 Å².